The number of fused-ring (bicyclic) bond motifs is 1. The molecule has 21 heavy (non-hydrogen) atoms. The Hall–Kier alpha value is -1.98. The third kappa shape index (κ3) is 2.01. The molecule has 0 spiro atoms. The number of hydrazone groups is 1. The molecule has 1 aromatic rings. The molecule has 3 aliphatic rings. The largest absolute Gasteiger partial charge is 0.342 e. The molecule has 4 rings (SSSR count). The molecule has 2 fully saturated rings. The Morgan fingerprint density at radius 1 is 1.19 bits per heavy atom. The van der Waals surface area contributed by atoms with Crippen molar-refractivity contribution in [2.24, 2.45) is 11.0 Å². The number of hydrogen-bond acceptors (Lipinski definition) is 4. The molecule has 5 atom stereocenters. The van der Waals surface area contributed by atoms with Crippen LogP contribution in [0.5, 0.6) is 0 Å². The summed E-state index contributed by atoms with van der Waals surface area (Å²) < 4.78 is 27.2. The molecule has 1 N–H and O–H groups in total. The molecule has 6 heteroatoms. The third-order valence-electron chi connectivity index (χ3n) is 4.36. The van der Waals surface area contributed by atoms with Crippen LogP contribution in [0.3, 0.4) is 0 Å². The number of amidine groups is 1. The van der Waals surface area contributed by atoms with Crippen molar-refractivity contribution >= 4 is 11.6 Å². The Morgan fingerprint density at radius 3 is 2.57 bits per heavy atom. The summed E-state index contributed by atoms with van der Waals surface area (Å²) in [4.78, 5) is 12.0. The molecule has 1 aliphatic carbocycles. The third-order valence-corrected chi connectivity index (χ3v) is 4.36. The number of rotatable bonds is 3. The van der Waals surface area contributed by atoms with Crippen molar-refractivity contribution in [3.8, 4) is 0 Å². The number of benzene rings is 1. The van der Waals surface area contributed by atoms with E-state index in [-0.39, 0.29) is 24.1 Å². The topological polar surface area (TPSA) is 44.7 Å². The van der Waals surface area contributed by atoms with Crippen LogP contribution >= 0.6 is 0 Å². The fourth-order valence-corrected chi connectivity index (χ4v) is 3.08. The molecule has 1 aromatic carbocycles. The first-order valence-corrected chi connectivity index (χ1v) is 7.16. The molecule has 0 aromatic heterocycles. The minimum absolute atomic E-state index is 0.105. The summed E-state index contributed by atoms with van der Waals surface area (Å²) >= 11 is 0. The minimum atomic E-state index is -1.11. The van der Waals surface area contributed by atoms with Crippen LogP contribution in [0.2, 0.25) is 0 Å². The first kappa shape index (κ1) is 12.7. The molecule has 110 valence electrons. The van der Waals surface area contributed by atoms with Gasteiger partial charge < -0.3 is 5.32 Å². The number of hydrogen-bond donors (Lipinski definition) is 1. The smallest absolute Gasteiger partial charge is 0.205 e. The number of alkyl halides is 2. The molecule has 1 saturated heterocycles. The molecule has 4 nitrogen and oxygen atoms in total. The van der Waals surface area contributed by atoms with Crippen molar-refractivity contribution in [1.29, 1.82) is 0 Å². The normalized spacial score (nSPS) is 37.0. The second-order valence-electron chi connectivity index (χ2n) is 5.82. The predicted octanol–water partition coefficient (Wildman–Crippen LogP) is 1.94. The van der Waals surface area contributed by atoms with Gasteiger partial charge in [-0.05, 0) is 12.0 Å². The number of halogens is 2. The first-order chi connectivity index (χ1) is 10.1. The van der Waals surface area contributed by atoms with E-state index in [4.69, 9.17) is 0 Å². The lowest BCUT2D eigenvalue weighted by molar-refractivity contribution is -0.114. The Bertz CT molecular complexity index is 606. The van der Waals surface area contributed by atoms with E-state index in [1.165, 1.54) is 0 Å². The molecule has 2 heterocycles. The van der Waals surface area contributed by atoms with Gasteiger partial charge in [0.1, 0.15) is 18.5 Å². The van der Waals surface area contributed by atoms with Crippen molar-refractivity contribution in [1.82, 2.24) is 10.3 Å². The highest BCUT2D eigenvalue weighted by atomic mass is 19.1. The molecule has 1 saturated carbocycles. The molecule has 2 aliphatic heterocycles. The van der Waals surface area contributed by atoms with Crippen LogP contribution in [-0.2, 0) is 4.79 Å². The molecule has 0 radical (unpaired) electrons. The molecule has 0 bridgehead atoms. The van der Waals surface area contributed by atoms with Crippen LogP contribution < -0.4 is 5.32 Å². The second kappa shape index (κ2) is 4.51. The number of Topliss-reactive ketones (excluding diaryl/α,β-unsaturated/α-hetero) is 1. The highest BCUT2D eigenvalue weighted by Crippen LogP contribution is 2.40. The van der Waals surface area contributed by atoms with Gasteiger partial charge in [-0.2, -0.15) is 5.10 Å². The number of carbonyl (C=O) groups excluding carboxylic acids is 1. The molecular weight excluding hydrogens is 276 g/mol. The zero-order chi connectivity index (χ0) is 14.6. The summed E-state index contributed by atoms with van der Waals surface area (Å²) in [6.07, 6.45) is -2.20. The van der Waals surface area contributed by atoms with Crippen LogP contribution in [0, 0.1) is 5.92 Å². The SMILES string of the molecule is O=C(C1=NN2C(N1)[C@H](F)C[C@@H]2c1ccccc1)[C@H]1C[C@H]1F. The van der Waals surface area contributed by atoms with Gasteiger partial charge in [0.25, 0.3) is 0 Å². The van der Waals surface area contributed by atoms with E-state index in [9.17, 15) is 13.6 Å². The fraction of sp³-hybridized carbons (Fsp3) is 0.467. The van der Waals surface area contributed by atoms with E-state index < -0.39 is 24.4 Å². The molecule has 1 unspecified atom stereocenters. The predicted molar refractivity (Wildman–Crippen MR) is 72.9 cm³/mol. The van der Waals surface area contributed by atoms with Gasteiger partial charge in [0.05, 0.1) is 12.0 Å². The Balaban J connectivity index is 1.59. The maximum atomic E-state index is 14.2. The van der Waals surface area contributed by atoms with Gasteiger partial charge in [0.15, 0.2) is 5.84 Å². The quantitative estimate of drug-likeness (QED) is 0.925. The van der Waals surface area contributed by atoms with Crippen LogP contribution in [0.4, 0.5) is 8.78 Å². The van der Waals surface area contributed by atoms with Crippen LogP contribution in [0.15, 0.2) is 35.4 Å². The monoisotopic (exact) mass is 291 g/mol. The summed E-state index contributed by atoms with van der Waals surface area (Å²) in [5.74, 6) is -0.825. The first-order valence-electron chi connectivity index (χ1n) is 7.16. The van der Waals surface area contributed by atoms with Crippen LogP contribution in [0.1, 0.15) is 24.4 Å². The van der Waals surface area contributed by atoms with Crippen molar-refractivity contribution in [2.75, 3.05) is 0 Å². The highest BCUT2D eigenvalue weighted by Gasteiger charge is 2.51. The van der Waals surface area contributed by atoms with Crippen LogP contribution in [-0.4, -0.2) is 35.1 Å². The van der Waals surface area contributed by atoms with E-state index in [1.807, 2.05) is 30.3 Å². The zero-order valence-corrected chi connectivity index (χ0v) is 11.2. The molecule has 0 amide bonds. The summed E-state index contributed by atoms with van der Waals surface area (Å²) in [6, 6.07) is 9.35. The number of nitrogens with one attached hydrogen (secondary N) is 1. The second-order valence-corrected chi connectivity index (χ2v) is 5.82. The van der Waals surface area contributed by atoms with E-state index >= 15 is 0 Å². The molecular formula is C15H15F2N3O. The maximum absolute atomic E-state index is 14.2. The van der Waals surface area contributed by atoms with E-state index in [2.05, 4.69) is 10.4 Å². The average Bonchev–Trinajstić information content (AvgIpc) is 2.95. The lowest BCUT2D eigenvalue weighted by Crippen LogP contribution is -2.42. The Labute approximate surface area is 120 Å². The standard InChI is InChI=1S/C15H15F2N3O/c16-10-6-9(10)13(21)14-18-15-11(17)7-12(20(15)19-14)8-4-2-1-3-5-8/h1-5,9-12,15H,6-7H2,(H,18,19)/t9-,10+,11+,12+,15?/m0/s1. The summed E-state index contributed by atoms with van der Waals surface area (Å²) in [6.45, 7) is 0. The maximum Gasteiger partial charge on any atom is 0.205 e. The lowest BCUT2D eigenvalue weighted by atomic mass is 10.0. The summed E-state index contributed by atoms with van der Waals surface area (Å²) in [5.41, 5.74) is 0.969. The van der Waals surface area contributed by atoms with E-state index in [0.29, 0.717) is 6.42 Å². The zero-order valence-electron chi connectivity index (χ0n) is 11.2. The Morgan fingerprint density at radius 2 is 1.90 bits per heavy atom. The van der Waals surface area contributed by atoms with Crippen molar-refractivity contribution < 1.29 is 13.6 Å². The minimum Gasteiger partial charge on any atom is -0.342 e. The average molecular weight is 291 g/mol. The van der Waals surface area contributed by atoms with Gasteiger partial charge in [0, 0.05) is 6.42 Å². The van der Waals surface area contributed by atoms with Gasteiger partial charge >= 0.3 is 0 Å². The van der Waals surface area contributed by atoms with Crippen molar-refractivity contribution in [2.45, 2.75) is 37.4 Å². The Kier molecular flexibility index (Phi) is 2.74. The van der Waals surface area contributed by atoms with Gasteiger partial charge in [-0.1, -0.05) is 30.3 Å². The van der Waals surface area contributed by atoms with E-state index in [1.54, 1.807) is 5.01 Å². The van der Waals surface area contributed by atoms with Gasteiger partial charge in [-0.3, -0.25) is 9.80 Å². The summed E-state index contributed by atoms with van der Waals surface area (Å²) in [7, 11) is 0. The fourth-order valence-electron chi connectivity index (χ4n) is 3.08. The highest BCUT2D eigenvalue weighted by molar-refractivity contribution is 6.40. The lowest BCUT2D eigenvalue weighted by Gasteiger charge is -2.21. The number of nitrogens with zero attached hydrogens (tertiary/aromatic N) is 2. The van der Waals surface area contributed by atoms with Crippen molar-refractivity contribution in [3.63, 3.8) is 0 Å². The van der Waals surface area contributed by atoms with Crippen LogP contribution in [0.25, 0.3) is 0 Å². The van der Waals surface area contributed by atoms with E-state index in [0.717, 1.165) is 5.56 Å². The van der Waals surface area contributed by atoms with Gasteiger partial charge in [-0.15, -0.1) is 0 Å². The van der Waals surface area contributed by atoms with Crippen molar-refractivity contribution in [3.05, 3.63) is 35.9 Å². The number of carbonyl (C=O) groups is 1. The van der Waals surface area contributed by atoms with Gasteiger partial charge in [0.2, 0.25) is 5.78 Å². The van der Waals surface area contributed by atoms with Gasteiger partial charge in [-0.25, -0.2) is 8.78 Å². The number of ketones is 1. The summed E-state index contributed by atoms with van der Waals surface area (Å²) in [5, 5.41) is 8.68.